The van der Waals surface area contributed by atoms with Gasteiger partial charge in [0, 0.05) is 24.7 Å². The fourth-order valence-electron chi connectivity index (χ4n) is 3.51. The van der Waals surface area contributed by atoms with Gasteiger partial charge >= 0.3 is 11.7 Å². The quantitative estimate of drug-likeness (QED) is 0.422. The first-order chi connectivity index (χ1) is 15.9. The average molecular weight is 465 g/mol. The Hall–Kier alpha value is -4.25. The molecule has 0 spiro atoms. The molecule has 0 unspecified atom stereocenters. The summed E-state index contributed by atoms with van der Waals surface area (Å²) in [6, 6.07) is 14.4. The molecule has 0 amide bonds. The van der Waals surface area contributed by atoms with E-state index in [1.807, 2.05) is 18.2 Å². The Labute approximate surface area is 190 Å². The van der Waals surface area contributed by atoms with E-state index < -0.39 is 11.2 Å². The molecule has 0 aliphatic rings. The van der Waals surface area contributed by atoms with Crippen molar-refractivity contribution in [2.45, 2.75) is 6.54 Å². The van der Waals surface area contributed by atoms with Crippen LogP contribution >= 0.6 is 11.6 Å². The topological polar surface area (TPSA) is 126 Å². The van der Waals surface area contributed by atoms with E-state index in [-0.39, 0.29) is 23.7 Å². The number of H-pyrrole nitrogens is 1. The Morgan fingerprint density at radius 1 is 1.03 bits per heavy atom. The summed E-state index contributed by atoms with van der Waals surface area (Å²) < 4.78 is 10.0. The monoisotopic (exact) mass is 464 g/mol. The summed E-state index contributed by atoms with van der Waals surface area (Å²) >= 11 is 6.37. The van der Waals surface area contributed by atoms with Gasteiger partial charge in [-0.2, -0.15) is 10.2 Å². The average Bonchev–Trinajstić information content (AvgIpc) is 3.47. The molecule has 12 heteroatoms. The van der Waals surface area contributed by atoms with Crippen molar-refractivity contribution < 1.29 is 4.74 Å². The molecule has 0 radical (unpaired) electrons. The molecule has 2 aromatic carbocycles. The van der Waals surface area contributed by atoms with Gasteiger partial charge in [0.05, 0.1) is 6.54 Å². The molecule has 3 heterocycles. The molecule has 0 saturated heterocycles. The number of imidazole rings is 1. The molecule has 5 rings (SSSR count). The minimum Gasteiger partial charge on any atom is -0.425 e. The third-order valence-corrected chi connectivity index (χ3v) is 5.63. The third-order valence-electron chi connectivity index (χ3n) is 5.27. The second-order valence-corrected chi connectivity index (χ2v) is 7.72. The highest BCUT2D eigenvalue weighted by atomic mass is 35.5. The van der Waals surface area contributed by atoms with Crippen LogP contribution in [0.1, 0.15) is 5.56 Å². The van der Waals surface area contributed by atoms with Gasteiger partial charge in [0.25, 0.3) is 5.56 Å². The van der Waals surface area contributed by atoms with Crippen molar-refractivity contribution in [2.24, 2.45) is 14.1 Å². The second-order valence-electron chi connectivity index (χ2n) is 7.31. The fraction of sp³-hybridized carbons (Fsp3) is 0.143. The predicted octanol–water partition coefficient (Wildman–Crippen LogP) is 2.11. The smallest absolute Gasteiger partial charge is 0.332 e. The predicted molar refractivity (Wildman–Crippen MR) is 120 cm³/mol. The van der Waals surface area contributed by atoms with Gasteiger partial charge < -0.3 is 4.74 Å². The molecule has 0 aliphatic heterocycles. The Morgan fingerprint density at radius 3 is 2.48 bits per heavy atom. The molecule has 5 aromatic rings. The van der Waals surface area contributed by atoms with E-state index in [0.717, 1.165) is 15.7 Å². The number of benzene rings is 2. The lowest BCUT2D eigenvalue weighted by molar-refractivity contribution is 0.421. The maximum absolute atomic E-state index is 13.0. The number of tetrazole rings is 1. The minimum atomic E-state index is -0.481. The third kappa shape index (κ3) is 3.57. The van der Waals surface area contributed by atoms with Gasteiger partial charge in [0.1, 0.15) is 5.75 Å². The largest absolute Gasteiger partial charge is 0.425 e. The highest BCUT2D eigenvalue weighted by Crippen LogP contribution is 2.28. The Morgan fingerprint density at radius 2 is 1.79 bits per heavy atom. The number of aromatic amines is 1. The second kappa shape index (κ2) is 8.02. The van der Waals surface area contributed by atoms with Gasteiger partial charge in [0.2, 0.25) is 5.82 Å². The first-order valence-electron chi connectivity index (χ1n) is 9.85. The van der Waals surface area contributed by atoms with Gasteiger partial charge in [-0.3, -0.25) is 18.5 Å². The van der Waals surface area contributed by atoms with E-state index in [4.69, 9.17) is 16.3 Å². The summed E-state index contributed by atoms with van der Waals surface area (Å²) in [6.45, 7) is 0.222. The molecule has 33 heavy (non-hydrogen) atoms. The number of nitrogens with one attached hydrogen (secondary N) is 1. The minimum absolute atomic E-state index is 0.149. The zero-order valence-corrected chi connectivity index (χ0v) is 18.3. The molecule has 0 fully saturated rings. The van der Waals surface area contributed by atoms with Crippen molar-refractivity contribution in [3.63, 3.8) is 0 Å². The van der Waals surface area contributed by atoms with Gasteiger partial charge in [-0.25, -0.2) is 4.79 Å². The highest BCUT2D eigenvalue weighted by Gasteiger charge is 2.21. The molecular formula is C21H17ClN8O3. The van der Waals surface area contributed by atoms with Crippen LogP contribution in [-0.2, 0) is 20.6 Å². The summed E-state index contributed by atoms with van der Waals surface area (Å²) in [5, 5.41) is 14.4. The summed E-state index contributed by atoms with van der Waals surface area (Å²) in [4.78, 5) is 29.9. The zero-order valence-electron chi connectivity index (χ0n) is 17.6. The number of nitrogens with zero attached hydrogens (tertiary/aromatic N) is 7. The standard InChI is InChI=1S/C21H17ClN8O3/c1-28-18-16(19(31)29(2)21(28)32)30(11-13-5-3-4-6-15(13)22)20(23-18)33-14-9-7-12(8-10-14)17-24-26-27-25-17/h3-10H,11H2,1-2H3,(H,24,25,26,27). The van der Waals surface area contributed by atoms with Crippen LogP contribution in [0.3, 0.4) is 0 Å². The van der Waals surface area contributed by atoms with Gasteiger partial charge in [0.15, 0.2) is 11.2 Å². The van der Waals surface area contributed by atoms with Crippen molar-refractivity contribution in [3.8, 4) is 23.1 Å². The van der Waals surface area contributed by atoms with E-state index in [1.165, 1.54) is 11.6 Å². The molecule has 1 N–H and O–H groups in total. The number of rotatable bonds is 5. The molecule has 0 aliphatic carbocycles. The summed E-state index contributed by atoms with van der Waals surface area (Å²) in [5.74, 6) is 0.922. The van der Waals surface area contributed by atoms with Crippen molar-refractivity contribution in [2.75, 3.05) is 0 Å². The number of halogens is 1. The Balaban J connectivity index is 1.64. The van der Waals surface area contributed by atoms with E-state index in [9.17, 15) is 9.59 Å². The highest BCUT2D eigenvalue weighted by molar-refractivity contribution is 6.31. The van der Waals surface area contributed by atoms with Crippen LogP contribution in [0.25, 0.3) is 22.6 Å². The molecule has 3 aromatic heterocycles. The maximum atomic E-state index is 13.0. The molecular weight excluding hydrogens is 448 g/mol. The van der Waals surface area contributed by atoms with Crippen molar-refractivity contribution >= 4 is 22.8 Å². The van der Waals surface area contributed by atoms with E-state index in [0.29, 0.717) is 16.6 Å². The molecule has 0 saturated carbocycles. The molecule has 0 atom stereocenters. The van der Waals surface area contributed by atoms with Crippen molar-refractivity contribution in [1.82, 2.24) is 39.3 Å². The van der Waals surface area contributed by atoms with E-state index >= 15 is 0 Å². The van der Waals surface area contributed by atoms with E-state index in [1.54, 1.807) is 41.9 Å². The van der Waals surface area contributed by atoms with Crippen LogP contribution in [0.4, 0.5) is 0 Å². The van der Waals surface area contributed by atoms with Crippen LogP contribution in [0.2, 0.25) is 5.02 Å². The van der Waals surface area contributed by atoms with Gasteiger partial charge in [-0.1, -0.05) is 29.8 Å². The van der Waals surface area contributed by atoms with Crippen LogP contribution in [0, 0.1) is 0 Å². The summed E-state index contributed by atoms with van der Waals surface area (Å²) in [5.41, 5.74) is 1.01. The Bertz CT molecular complexity index is 1580. The van der Waals surface area contributed by atoms with E-state index in [2.05, 4.69) is 25.6 Å². The first-order valence-corrected chi connectivity index (χ1v) is 10.2. The normalized spacial score (nSPS) is 11.2. The van der Waals surface area contributed by atoms with Crippen molar-refractivity contribution in [3.05, 3.63) is 80.0 Å². The van der Waals surface area contributed by atoms with Crippen LogP contribution in [0.5, 0.6) is 11.8 Å². The summed E-state index contributed by atoms with van der Waals surface area (Å²) in [7, 11) is 2.98. The fourth-order valence-corrected chi connectivity index (χ4v) is 3.71. The number of aryl methyl sites for hydroxylation is 1. The van der Waals surface area contributed by atoms with Gasteiger partial charge in [-0.15, -0.1) is 10.2 Å². The zero-order chi connectivity index (χ0) is 23.1. The SMILES string of the molecule is Cn1c(=O)c2c(nc(Oc3ccc(-c4nn[nH]n4)cc3)n2Cc2ccccc2Cl)n(C)c1=O. The number of hydrogen-bond acceptors (Lipinski definition) is 7. The lowest BCUT2D eigenvalue weighted by atomic mass is 10.2. The van der Waals surface area contributed by atoms with Gasteiger partial charge in [-0.05, 0) is 41.1 Å². The first kappa shape index (κ1) is 20.6. The van der Waals surface area contributed by atoms with Crippen LogP contribution in [0.15, 0.2) is 58.1 Å². The molecule has 166 valence electrons. The molecule has 11 nitrogen and oxygen atoms in total. The lowest BCUT2D eigenvalue weighted by Gasteiger charge is -2.11. The Kier molecular flexibility index (Phi) is 5.02. The number of hydrogen-bond donors (Lipinski definition) is 1. The lowest BCUT2D eigenvalue weighted by Crippen LogP contribution is -2.37. The molecule has 0 bridgehead atoms. The van der Waals surface area contributed by atoms with Crippen molar-refractivity contribution in [1.29, 1.82) is 0 Å². The van der Waals surface area contributed by atoms with Crippen LogP contribution < -0.4 is 16.0 Å². The number of fused-ring (bicyclic) bond motifs is 1. The number of ether oxygens (including phenoxy) is 1. The number of aromatic nitrogens is 8. The summed E-state index contributed by atoms with van der Waals surface area (Å²) in [6.07, 6.45) is 0. The van der Waals surface area contributed by atoms with Crippen LogP contribution in [-0.4, -0.2) is 39.3 Å². The maximum Gasteiger partial charge on any atom is 0.332 e.